The second kappa shape index (κ2) is 6.19. The van der Waals surface area contributed by atoms with Crippen LogP contribution in [-0.4, -0.2) is 35.5 Å². The maximum atomic E-state index is 2.70. The molecule has 1 heterocycles. The number of hydrogen-bond donors (Lipinski definition) is 0. The van der Waals surface area contributed by atoms with Crippen LogP contribution in [0.1, 0.15) is 55.4 Å². The van der Waals surface area contributed by atoms with Crippen molar-refractivity contribution in [2.75, 3.05) is 13.6 Å². The van der Waals surface area contributed by atoms with Crippen LogP contribution in [0.4, 0.5) is 0 Å². The van der Waals surface area contributed by atoms with Crippen molar-refractivity contribution in [2.45, 2.75) is 67.5 Å². The highest BCUT2D eigenvalue weighted by atomic mass is 15.3. The molecule has 112 valence electrons. The first-order chi connectivity index (χ1) is 8.68. The second-order valence-corrected chi connectivity index (χ2v) is 7.27. The van der Waals surface area contributed by atoms with Gasteiger partial charge in [0, 0.05) is 37.1 Å². The Hall–Kier alpha value is -0.660. The molecule has 0 aromatic heterocycles. The van der Waals surface area contributed by atoms with Crippen LogP contribution < -0.4 is 0 Å². The lowest BCUT2D eigenvalue weighted by atomic mass is 9.89. The maximum absolute atomic E-state index is 2.70. The SMILES string of the molecule is CC(C)C1=C(C(C)C)N(C(C)C)C(C(C)C)CN1C. The van der Waals surface area contributed by atoms with E-state index in [1.807, 2.05) is 0 Å². The Balaban J connectivity index is 3.37. The Morgan fingerprint density at radius 1 is 0.842 bits per heavy atom. The van der Waals surface area contributed by atoms with Crippen LogP contribution in [0.5, 0.6) is 0 Å². The van der Waals surface area contributed by atoms with E-state index >= 15 is 0 Å². The van der Waals surface area contributed by atoms with Crippen LogP contribution in [0.25, 0.3) is 0 Å². The van der Waals surface area contributed by atoms with Crippen molar-refractivity contribution < 1.29 is 0 Å². The lowest BCUT2D eigenvalue weighted by molar-refractivity contribution is 0.0842. The molecule has 1 rings (SSSR count). The molecule has 0 saturated heterocycles. The number of likely N-dealkylation sites (N-methyl/N-ethyl adjacent to an activating group) is 1. The quantitative estimate of drug-likeness (QED) is 0.753. The molecule has 0 amide bonds. The van der Waals surface area contributed by atoms with Gasteiger partial charge in [-0.2, -0.15) is 0 Å². The molecule has 0 fully saturated rings. The highest BCUT2D eigenvalue weighted by Crippen LogP contribution is 2.36. The zero-order valence-corrected chi connectivity index (χ0v) is 14.5. The summed E-state index contributed by atoms with van der Waals surface area (Å²) < 4.78 is 0. The maximum Gasteiger partial charge on any atom is 0.0488 e. The van der Waals surface area contributed by atoms with Gasteiger partial charge in [0.1, 0.15) is 0 Å². The van der Waals surface area contributed by atoms with E-state index in [4.69, 9.17) is 0 Å². The third-order valence-corrected chi connectivity index (χ3v) is 4.19. The molecule has 0 aliphatic carbocycles. The first-order valence-electron chi connectivity index (χ1n) is 7.91. The average Bonchev–Trinajstić information content (AvgIpc) is 2.25. The summed E-state index contributed by atoms with van der Waals surface area (Å²) >= 11 is 0. The van der Waals surface area contributed by atoms with Crippen LogP contribution >= 0.6 is 0 Å². The van der Waals surface area contributed by atoms with Crippen LogP contribution in [0, 0.1) is 17.8 Å². The lowest BCUT2D eigenvalue weighted by Crippen LogP contribution is -2.54. The van der Waals surface area contributed by atoms with Gasteiger partial charge in [0.05, 0.1) is 0 Å². The smallest absolute Gasteiger partial charge is 0.0488 e. The molecule has 0 saturated carbocycles. The minimum atomic E-state index is 0.576. The number of nitrogens with zero attached hydrogens (tertiary/aromatic N) is 2. The largest absolute Gasteiger partial charge is 0.374 e. The fourth-order valence-corrected chi connectivity index (χ4v) is 3.50. The Bertz CT molecular complexity index is 326. The normalized spacial score (nSPS) is 21.6. The third-order valence-electron chi connectivity index (χ3n) is 4.19. The summed E-state index contributed by atoms with van der Waals surface area (Å²) in [5.41, 5.74) is 3.11. The molecular weight excluding hydrogens is 232 g/mol. The van der Waals surface area contributed by atoms with Crippen molar-refractivity contribution in [3.05, 3.63) is 11.4 Å². The summed E-state index contributed by atoms with van der Waals surface area (Å²) in [6.45, 7) is 19.8. The molecule has 0 N–H and O–H groups in total. The summed E-state index contributed by atoms with van der Waals surface area (Å²) in [5.74, 6) is 1.87. The molecular formula is C17H34N2. The van der Waals surface area contributed by atoms with Gasteiger partial charge in [0.2, 0.25) is 0 Å². The summed E-state index contributed by atoms with van der Waals surface area (Å²) in [5, 5.41) is 0. The number of allylic oxidation sites excluding steroid dienone is 2. The fraction of sp³-hybridized carbons (Fsp3) is 0.882. The molecule has 1 aliphatic rings. The zero-order valence-electron chi connectivity index (χ0n) is 14.5. The zero-order chi connectivity index (χ0) is 14.9. The Morgan fingerprint density at radius 3 is 1.63 bits per heavy atom. The van der Waals surface area contributed by atoms with E-state index in [0.29, 0.717) is 29.8 Å². The van der Waals surface area contributed by atoms with E-state index < -0.39 is 0 Å². The van der Waals surface area contributed by atoms with E-state index in [1.165, 1.54) is 0 Å². The van der Waals surface area contributed by atoms with Crippen LogP contribution in [0.15, 0.2) is 11.4 Å². The summed E-state index contributed by atoms with van der Waals surface area (Å²) in [4.78, 5) is 5.20. The topological polar surface area (TPSA) is 6.48 Å². The van der Waals surface area contributed by atoms with Crippen LogP contribution in [0.3, 0.4) is 0 Å². The van der Waals surface area contributed by atoms with Gasteiger partial charge in [-0.15, -0.1) is 0 Å². The molecule has 2 nitrogen and oxygen atoms in total. The second-order valence-electron chi connectivity index (χ2n) is 7.27. The number of rotatable bonds is 4. The molecule has 0 radical (unpaired) electrons. The van der Waals surface area contributed by atoms with Gasteiger partial charge in [-0.3, -0.25) is 0 Å². The molecule has 19 heavy (non-hydrogen) atoms. The van der Waals surface area contributed by atoms with E-state index in [0.717, 1.165) is 6.54 Å². The summed E-state index contributed by atoms with van der Waals surface area (Å²) in [7, 11) is 2.27. The van der Waals surface area contributed by atoms with Crippen molar-refractivity contribution in [2.24, 2.45) is 17.8 Å². The molecule has 0 bridgehead atoms. The molecule has 2 heteroatoms. The van der Waals surface area contributed by atoms with E-state index in [-0.39, 0.29) is 0 Å². The van der Waals surface area contributed by atoms with Gasteiger partial charge in [-0.1, -0.05) is 41.5 Å². The van der Waals surface area contributed by atoms with Gasteiger partial charge in [0.15, 0.2) is 0 Å². The summed E-state index contributed by atoms with van der Waals surface area (Å²) in [6, 6.07) is 1.21. The predicted octanol–water partition coefficient (Wildman–Crippen LogP) is 4.19. The minimum Gasteiger partial charge on any atom is -0.374 e. The van der Waals surface area contributed by atoms with Crippen LogP contribution in [0.2, 0.25) is 0 Å². The molecule has 1 atom stereocenters. The van der Waals surface area contributed by atoms with Crippen molar-refractivity contribution in [1.29, 1.82) is 0 Å². The van der Waals surface area contributed by atoms with Crippen molar-refractivity contribution in [3.8, 4) is 0 Å². The average molecular weight is 266 g/mol. The monoisotopic (exact) mass is 266 g/mol. The molecule has 1 unspecified atom stereocenters. The molecule has 0 aromatic rings. The summed E-state index contributed by atoms with van der Waals surface area (Å²) in [6.07, 6.45) is 0. The Morgan fingerprint density at radius 2 is 1.32 bits per heavy atom. The first-order valence-corrected chi connectivity index (χ1v) is 7.91. The third kappa shape index (κ3) is 3.27. The predicted molar refractivity (Wildman–Crippen MR) is 84.9 cm³/mol. The van der Waals surface area contributed by atoms with Gasteiger partial charge in [0.25, 0.3) is 0 Å². The lowest BCUT2D eigenvalue weighted by Gasteiger charge is -2.51. The van der Waals surface area contributed by atoms with E-state index in [9.17, 15) is 0 Å². The molecule has 0 spiro atoms. The number of hydrogen-bond acceptors (Lipinski definition) is 2. The van der Waals surface area contributed by atoms with Crippen molar-refractivity contribution >= 4 is 0 Å². The standard InChI is InChI=1S/C17H34N2/c1-11(2)15-10-18(9)16(12(3)4)17(13(5)6)19(15)14(7)8/h11-15H,10H2,1-9H3. The van der Waals surface area contributed by atoms with E-state index in [2.05, 4.69) is 72.2 Å². The highest BCUT2D eigenvalue weighted by molar-refractivity contribution is 5.21. The van der Waals surface area contributed by atoms with Crippen molar-refractivity contribution in [1.82, 2.24) is 9.80 Å². The highest BCUT2D eigenvalue weighted by Gasteiger charge is 2.36. The molecule has 0 aromatic carbocycles. The Labute approximate surface area is 120 Å². The first kappa shape index (κ1) is 16.4. The van der Waals surface area contributed by atoms with Gasteiger partial charge >= 0.3 is 0 Å². The van der Waals surface area contributed by atoms with Gasteiger partial charge in [-0.25, -0.2) is 0 Å². The Kier molecular flexibility index (Phi) is 5.34. The van der Waals surface area contributed by atoms with Crippen LogP contribution in [-0.2, 0) is 0 Å². The molecule has 1 aliphatic heterocycles. The fourth-order valence-electron chi connectivity index (χ4n) is 3.50. The van der Waals surface area contributed by atoms with Gasteiger partial charge in [-0.05, 0) is 31.6 Å². The minimum absolute atomic E-state index is 0.576. The van der Waals surface area contributed by atoms with Gasteiger partial charge < -0.3 is 9.80 Å². The van der Waals surface area contributed by atoms with E-state index in [1.54, 1.807) is 11.4 Å². The van der Waals surface area contributed by atoms with Crippen molar-refractivity contribution in [3.63, 3.8) is 0 Å².